The fraction of sp³-hybridized carbons (Fsp3) is 0.0667. The third-order valence-electron chi connectivity index (χ3n) is 3.09. The minimum Gasteiger partial charge on any atom is -0.399 e. The topological polar surface area (TPSA) is 72.9 Å². The average Bonchev–Trinajstić information content (AvgIpc) is 3.09. The van der Waals surface area contributed by atoms with Crippen molar-refractivity contribution in [3.63, 3.8) is 0 Å². The van der Waals surface area contributed by atoms with Crippen LogP contribution >= 0.6 is 11.3 Å². The Bertz CT molecular complexity index is 773. The van der Waals surface area contributed by atoms with Crippen molar-refractivity contribution in [2.45, 2.75) is 6.92 Å². The normalized spacial score (nSPS) is 10.5. The van der Waals surface area contributed by atoms with Crippen molar-refractivity contribution in [1.82, 2.24) is 9.78 Å². The maximum atomic E-state index is 12.3. The van der Waals surface area contributed by atoms with Crippen LogP contribution < -0.4 is 11.1 Å². The maximum absolute atomic E-state index is 12.3. The first-order valence-corrected chi connectivity index (χ1v) is 7.28. The van der Waals surface area contributed by atoms with E-state index in [-0.39, 0.29) is 5.91 Å². The zero-order valence-electron chi connectivity index (χ0n) is 11.4. The van der Waals surface area contributed by atoms with E-state index in [1.54, 1.807) is 29.1 Å². The second-order valence-electron chi connectivity index (χ2n) is 4.61. The van der Waals surface area contributed by atoms with E-state index >= 15 is 0 Å². The molecule has 0 radical (unpaired) electrons. The molecule has 0 atom stereocenters. The molecular formula is C15H14N4OS. The second kappa shape index (κ2) is 5.41. The molecule has 0 aliphatic carbocycles. The number of benzene rings is 1. The van der Waals surface area contributed by atoms with Crippen molar-refractivity contribution >= 4 is 28.7 Å². The Balaban J connectivity index is 1.88. The van der Waals surface area contributed by atoms with Gasteiger partial charge in [-0.15, -0.1) is 11.3 Å². The summed E-state index contributed by atoms with van der Waals surface area (Å²) in [5.41, 5.74) is 8.18. The van der Waals surface area contributed by atoms with Gasteiger partial charge in [-0.05, 0) is 48.2 Å². The minimum absolute atomic E-state index is 0.125. The highest BCUT2D eigenvalue weighted by atomic mass is 32.1. The lowest BCUT2D eigenvalue weighted by Crippen LogP contribution is -2.14. The van der Waals surface area contributed by atoms with Gasteiger partial charge in [-0.1, -0.05) is 0 Å². The fourth-order valence-corrected chi connectivity index (χ4v) is 2.82. The summed E-state index contributed by atoms with van der Waals surface area (Å²) >= 11 is 1.42. The molecule has 0 spiro atoms. The lowest BCUT2D eigenvalue weighted by Gasteiger charge is -2.09. The number of nitrogen functional groups attached to an aromatic ring is 1. The zero-order chi connectivity index (χ0) is 14.8. The molecule has 1 amide bonds. The summed E-state index contributed by atoms with van der Waals surface area (Å²) in [5.74, 6) is 0.497. The van der Waals surface area contributed by atoms with Crippen LogP contribution in [0.1, 0.15) is 15.2 Å². The van der Waals surface area contributed by atoms with Crippen LogP contribution in [-0.4, -0.2) is 15.7 Å². The molecule has 3 aromatic rings. The number of nitrogens with two attached hydrogens (primary N) is 1. The largest absolute Gasteiger partial charge is 0.399 e. The summed E-state index contributed by atoms with van der Waals surface area (Å²) in [6, 6.07) is 11.0. The van der Waals surface area contributed by atoms with Crippen LogP contribution in [0.2, 0.25) is 0 Å². The van der Waals surface area contributed by atoms with E-state index in [4.69, 9.17) is 5.73 Å². The number of thiophene rings is 1. The van der Waals surface area contributed by atoms with Gasteiger partial charge in [-0.3, -0.25) is 4.79 Å². The Morgan fingerprint density at radius 2 is 2.00 bits per heavy atom. The Labute approximate surface area is 126 Å². The lowest BCUT2D eigenvalue weighted by molar-refractivity contribution is 0.102. The number of amides is 1. The number of carbonyl (C=O) groups is 1. The minimum atomic E-state index is -0.125. The highest BCUT2D eigenvalue weighted by Gasteiger charge is 2.13. The predicted molar refractivity (Wildman–Crippen MR) is 85.0 cm³/mol. The van der Waals surface area contributed by atoms with E-state index in [1.165, 1.54) is 11.3 Å². The summed E-state index contributed by atoms with van der Waals surface area (Å²) in [4.78, 5) is 13.0. The van der Waals surface area contributed by atoms with Crippen molar-refractivity contribution in [3.8, 4) is 5.69 Å². The van der Waals surface area contributed by atoms with E-state index in [2.05, 4.69) is 10.4 Å². The Morgan fingerprint density at radius 3 is 2.67 bits per heavy atom. The summed E-state index contributed by atoms with van der Waals surface area (Å²) in [7, 11) is 0. The number of anilines is 2. The van der Waals surface area contributed by atoms with Gasteiger partial charge in [-0.2, -0.15) is 5.10 Å². The highest BCUT2D eigenvalue weighted by molar-refractivity contribution is 7.12. The van der Waals surface area contributed by atoms with Crippen LogP contribution in [0, 0.1) is 6.92 Å². The smallest absolute Gasteiger partial charge is 0.267 e. The first-order valence-electron chi connectivity index (χ1n) is 6.40. The number of aromatic nitrogens is 2. The molecule has 0 aliphatic heterocycles. The molecule has 3 N–H and O–H groups in total. The van der Waals surface area contributed by atoms with Crippen molar-refractivity contribution in [1.29, 1.82) is 0 Å². The highest BCUT2D eigenvalue weighted by Crippen LogP contribution is 2.20. The molecule has 6 heteroatoms. The fourth-order valence-electron chi connectivity index (χ4n) is 2.00. The van der Waals surface area contributed by atoms with Gasteiger partial charge in [0.05, 0.1) is 16.8 Å². The van der Waals surface area contributed by atoms with Gasteiger partial charge in [0.15, 0.2) is 0 Å². The third-order valence-corrected chi connectivity index (χ3v) is 4.11. The Morgan fingerprint density at radius 1 is 1.24 bits per heavy atom. The molecule has 0 saturated carbocycles. The summed E-state index contributed by atoms with van der Waals surface area (Å²) < 4.78 is 1.67. The molecule has 0 saturated heterocycles. The van der Waals surface area contributed by atoms with E-state index in [0.717, 1.165) is 11.3 Å². The van der Waals surface area contributed by atoms with Crippen LogP contribution in [0.15, 0.2) is 48.0 Å². The molecule has 1 aromatic carbocycles. The summed E-state index contributed by atoms with van der Waals surface area (Å²) in [5, 5.41) is 9.03. The lowest BCUT2D eigenvalue weighted by atomic mass is 10.3. The molecule has 3 rings (SSSR count). The number of rotatable bonds is 3. The van der Waals surface area contributed by atoms with Gasteiger partial charge in [0.2, 0.25) is 0 Å². The Hall–Kier alpha value is -2.60. The van der Waals surface area contributed by atoms with Crippen molar-refractivity contribution < 1.29 is 4.79 Å². The number of nitrogens with zero attached hydrogens (tertiary/aromatic N) is 2. The van der Waals surface area contributed by atoms with E-state index < -0.39 is 0 Å². The SMILES string of the molecule is Cc1ccsc1C(=O)Nc1ccnn1-c1ccc(N)cc1. The first kappa shape index (κ1) is 13.4. The maximum Gasteiger partial charge on any atom is 0.267 e. The summed E-state index contributed by atoms with van der Waals surface area (Å²) in [6.45, 7) is 1.92. The molecule has 106 valence electrons. The van der Waals surface area contributed by atoms with Crippen LogP contribution in [-0.2, 0) is 0 Å². The number of nitrogens with one attached hydrogen (secondary N) is 1. The molecule has 2 heterocycles. The van der Waals surface area contributed by atoms with Crippen LogP contribution in [0.25, 0.3) is 5.69 Å². The number of hydrogen-bond donors (Lipinski definition) is 2. The zero-order valence-corrected chi connectivity index (χ0v) is 12.2. The first-order chi connectivity index (χ1) is 10.1. The standard InChI is InChI=1S/C15H14N4OS/c1-10-7-9-21-14(10)15(20)18-13-6-8-17-19(13)12-4-2-11(16)3-5-12/h2-9H,16H2,1H3,(H,18,20). The second-order valence-corrected chi connectivity index (χ2v) is 5.52. The average molecular weight is 298 g/mol. The van der Waals surface area contributed by atoms with Crippen LogP contribution in [0.5, 0.6) is 0 Å². The molecule has 2 aromatic heterocycles. The van der Waals surface area contributed by atoms with Crippen molar-refractivity contribution in [2.75, 3.05) is 11.1 Å². The predicted octanol–water partition coefficient (Wildman–Crippen LogP) is 3.08. The van der Waals surface area contributed by atoms with E-state index in [1.807, 2.05) is 30.5 Å². The summed E-state index contributed by atoms with van der Waals surface area (Å²) in [6.07, 6.45) is 1.65. The number of hydrogen-bond acceptors (Lipinski definition) is 4. The van der Waals surface area contributed by atoms with Gasteiger partial charge in [-0.25, -0.2) is 4.68 Å². The van der Waals surface area contributed by atoms with E-state index in [0.29, 0.717) is 16.4 Å². The third kappa shape index (κ3) is 2.66. The van der Waals surface area contributed by atoms with Gasteiger partial charge < -0.3 is 11.1 Å². The molecule has 0 fully saturated rings. The molecule has 0 bridgehead atoms. The molecule has 0 unspecified atom stereocenters. The molecule has 0 aliphatic rings. The van der Waals surface area contributed by atoms with Crippen LogP contribution in [0.3, 0.4) is 0 Å². The molecule has 5 nitrogen and oxygen atoms in total. The quantitative estimate of drug-likeness (QED) is 0.730. The van der Waals surface area contributed by atoms with Gasteiger partial charge in [0.25, 0.3) is 5.91 Å². The van der Waals surface area contributed by atoms with E-state index in [9.17, 15) is 4.79 Å². The van der Waals surface area contributed by atoms with Crippen molar-refractivity contribution in [2.24, 2.45) is 0 Å². The van der Waals surface area contributed by atoms with Gasteiger partial charge in [0.1, 0.15) is 5.82 Å². The Kier molecular flexibility index (Phi) is 3.45. The number of aryl methyl sites for hydroxylation is 1. The monoisotopic (exact) mass is 298 g/mol. The number of carbonyl (C=O) groups excluding carboxylic acids is 1. The molecule has 21 heavy (non-hydrogen) atoms. The van der Waals surface area contributed by atoms with Crippen LogP contribution in [0.4, 0.5) is 11.5 Å². The molecular weight excluding hydrogens is 284 g/mol. The van der Waals surface area contributed by atoms with Crippen molar-refractivity contribution in [3.05, 3.63) is 58.4 Å². The van der Waals surface area contributed by atoms with Gasteiger partial charge >= 0.3 is 0 Å². The van der Waals surface area contributed by atoms with Gasteiger partial charge in [0, 0.05) is 11.8 Å².